The number of rotatable bonds is 20. The number of thiazole rings is 1. The van der Waals surface area contributed by atoms with E-state index in [0.717, 1.165) is 24.1 Å². The molecule has 5 nitrogen and oxygen atoms in total. The van der Waals surface area contributed by atoms with Gasteiger partial charge in [-0.1, -0.05) is 107 Å². The molecule has 0 radical (unpaired) electrons. The number of carbonyl (C=O) groups excluding carboxylic acids is 1. The number of halogens is 1. The lowest BCUT2D eigenvalue weighted by Gasteiger charge is -2.11. The van der Waals surface area contributed by atoms with Crippen LogP contribution in [0.4, 0.5) is 10.1 Å². The average Bonchev–Trinajstić information content (AvgIpc) is 3.36. The minimum atomic E-state index is -0.481. The second-order valence-corrected chi connectivity index (χ2v) is 11.5. The molecule has 1 heterocycles. The van der Waals surface area contributed by atoms with Gasteiger partial charge in [0.15, 0.2) is 30.9 Å². The molecule has 0 fully saturated rings. The van der Waals surface area contributed by atoms with Gasteiger partial charge in [-0.3, -0.25) is 4.79 Å². The van der Waals surface area contributed by atoms with Crippen molar-refractivity contribution >= 4 is 22.9 Å². The first-order valence-electron chi connectivity index (χ1n) is 14.9. The van der Waals surface area contributed by atoms with E-state index in [1.165, 1.54) is 75.2 Å². The molecule has 3 rings (SSSR count). The molecule has 0 atom stereocenters. The molecule has 1 amide bonds. The van der Waals surface area contributed by atoms with E-state index >= 15 is 0 Å². The van der Waals surface area contributed by atoms with Crippen LogP contribution in [-0.4, -0.2) is 19.1 Å². The van der Waals surface area contributed by atoms with Crippen LogP contribution in [0.2, 0.25) is 0 Å². The number of carbonyl (C=O) groups is 1. The zero-order valence-corrected chi connectivity index (χ0v) is 25.1. The topological polar surface area (TPSA) is 51.4 Å². The summed E-state index contributed by atoms with van der Waals surface area (Å²) in [5.74, 6) is -0.269. The summed E-state index contributed by atoms with van der Waals surface area (Å²) in [6.45, 7) is 5.27. The Morgan fingerprint density at radius 3 is 2.23 bits per heavy atom. The van der Waals surface area contributed by atoms with Gasteiger partial charge in [0.25, 0.3) is 5.91 Å². The lowest BCUT2D eigenvalue weighted by Crippen LogP contribution is -2.31. The Morgan fingerprint density at radius 1 is 0.900 bits per heavy atom. The largest absolute Gasteiger partial charge is 0.491 e. The first-order valence-corrected chi connectivity index (χ1v) is 15.8. The molecule has 0 bridgehead atoms. The molecule has 0 aliphatic carbocycles. The molecule has 0 aliphatic rings. The van der Waals surface area contributed by atoms with Crippen molar-refractivity contribution in [1.82, 2.24) is 0 Å². The third-order valence-electron chi connectivity index (χ3n) is 6.89. The number of nitrogens with zero attached hydrogens (tertiary/aromatic N) is 1. The van der Waals surface area contributed by atoms with Crippen LogP contribution >= 0.6 is 11.3 Å². The van der Waals surface area contributed by atoms with Crippen molar-refractivity contribution in [2.75, 3.05) is 18.5 Å². The second-order valence-electron chi connectivity index (χ2n) is 10.5. The lowest BCUT2D eigenvalue weighted by atomic mass is 10.1. The summed E-state index contributed by atoms with van der Waals surface area (Å²) in [6.07, 6.45) is 17.4. The van der Waals surface area contributed by atoms with E-state index in [1.807, 2.05) is 24.3 Å². The van der Waals surface area contributed by atoms with Crippen LogP contribution in [0.3, 0.4) is 0 Å². The molecule has 0 unspecified atom stereocenters. The zero-order chi connectivity index (χ0) is 28.4. The van der Waals surface area contributed by atoms with E-state index in [4.69, 9.17) is 9.47 Å². The number of aryl methyl sites for hydroxylation is 1. The quantitative estimate of drug-likeness (QED) is 0.109. The van der Waals surface area contributed by atoms with Gasteiger partial charge >= 0.3 is 0 Å². The molecular formula is C33H46FN2O3S+. The van der Waals surface area contributed by atoms with Crippen LogP contribution in [-0.2, 0) is 11.3 Å². The minimum absolute atomic E-state index is 0.211. The average molecular weight is 570 g/mol. The number of nitrogens with one attached hydrogen (secondary N) is 1. The molecule has 0 saturated heterocycles. The number of amides is 1. The Bertz CT molecular complexity index is 1150. The summed E-state index contributed by atoms with van der Waals surface area (Å²) in [7, 11) is 0. The predicted octanol–water partition coefficient (Wildman–Crippen LogP) is 8.63. The van der Waals surface area contributed by atoms with E-state index in [0.29, 0.717) is 18.9 Å². The highest BCUT2D eigenvalue weighted by Crippen LogP contribution is 2.23. The number of aromatic nitrogens is 1. The fourth-order valence-electron chi connectivity index (χ4n) is 4.65. The van der Waals surface area contributed by atoms with E-state index in [2.05, 4.69) is 35.4 Å². The molecule has 0 saturated carbocycles. The van der Waals surface area contributed by atoms with Crippen LogP contribution in [0.25, 0.3) is 0 Å². The smallest absolute Gasteiger partial charge is 0.262 e. The van der Waals surface area contributed by atoms with Crippen molar-refractivity contribution in [1.29, 1.82) is 0 Å². The van der Waals surface area contributed by atoms with E-state index < -0.39 is 5.82 Å². The van der Waals surface area contributed by atoms with E-state index in [9.17, 15) is 9.18 Å². The van der Waals surface area contributed by atoms with Gasteiger partial charge in [-0.05, 0) is 31.5 Å². The number of ether oxygens (including phenoxy) is 2. The standard InChI is InChI=1S/C33H45FN2O3S/c1-3-4-5-6-7-8-9-10-11-12-13-16-21-38-32-20-19-29(22-30(32)34)39-25-33(37)35-31-18-15-14-17-28(31)24-36-23-27(2)40-26-36/h14-15,17-20,22-23,26H,3-13,16,21,24-25H2,1-2H3/p+1. The summed E-state index contributed by atoms with van der Waals surface area (Å²) in [6, 6.07) is 12.2. The number of hydrogen-bond donors (Lipinski definition) is 1. The zero-order valence-electron chi connectivity index (χ0n) is 24.3. The summed E-state index contributed by atoms with van der Waals surface area (Å²) >= 11 is 1.68. The van der Waals surface area contributed by atoms with Gasteiger partial charge in [-0.25, -0.2) is 4.39 Å². The van der Waals surface area contributed by atoms with Crippen LogP contribution in [0.1, 0.15) is 94.4 Å². The molecule has 3 aromatic rings. The first kappa shape index (κ1) is 31.6. The molecule has 7 heteroatoms. The Balaban J connectivity index is 1.30. The normalized spacial score (nSPS) is 11.0. The van der Waals surface area contributed by atoms with Crippen molar-refractivity contribution in [3.8, 4) is 11.5 Å². The van der Waals surface area contributed by atoms with Crippen molar-refractivity contribution in [2.45, 2.75) is 97.4 Å². The predicted molar refractivity (Wildman–Crippen MR) is 162 cm³/mol. The fraction of sp³-hybridized carbons (Fsp3) is 0.515. The van der Waals surface area contributed by atoms with Gasteiger partial charge in [0.2, 0.25) is 5.51 Å². The Hall–Kier alpha value is -2.93. The summed E-state index contributed by atoms with van der Waals surface area (Å²) in [5.41, 5.74) is 3.79. The van der Waals surface area contributed by atoms with Crippen LogP contribution in [0.15, 0.2) is 54.2 Å². The summed E-state index contributed by atoms with van der Waals surface area (Å²) in [5, 5.41) is 2.91. The molecular weight excluding hydrogens is 523 g/mol. The van der Waals surface area contributed by atoms with E-state index in [-0.39, 0.29) is 18.3 Å². The maximum absolute atomic E-state index is 14.5. The highest BCUT2D eigenvalue weighted by molar-refractivity contribution is 7.09. The molecule has 2 aromatic carbocycles. The summed E-state index contributed by atoms with van der Waals surface area (Å²) in [4.78, 5) is 13.8. The van der Waals surface area contributed by atoms with Crippen molar-refractivity contribution < 1.29 is 23.2 Å². The molecule has 0 aliphatic heterocycles. The third-order valence-corrected chi connectivity index (χ3v) is 7.75. The Kier molecular flexibility index (Phi) is 14.6. The van der Waals surface area contributed by atoms with Gasteiger partial charge in [0, 0.05) is 11.6 Å². The van der Waals surface area contributed by atoms with Crippen LogP contribution in [0, 0.1) is 12.7 Å². The monoisotopic (exact) mass is 569 g/mol. The SMILES string of the molecule is CCCCCCCCCCCCCCOc1ccc(OCC(=O)Nc2ccccc2C[n+]2csc(C)c2)cc1F. The maximum atomic E-state index is 14.5. The lowest BCUT2D eigenvalue weighted by molar-refractivity contribution is -0.683. The highest BCUT2D eigenvalue weighted by Gasteiger charge is 2.13. The van der Waals surface area contributed by atoms with Crippen molar-refractivity contribution in [2.24, 2.45) is 0 Å². The number of anilines is 1. The molecule has 0 spiro atoms. The van der Waals surface area contributed by atoms with Gasteiger partial charge in [0.05, 0.1) is 17.2 Å². The van der Waals surface area contributed by atoms with Gasteiger partial charge in [-0.2, -0.15) is 4.57 Å². The molecule has 40 heavy (non-hydrogen) atoms. The van der Waals surface area contributed by atoms with Crippen LogP contribution in [0.5, 0.6) is 11.5 Å². The Morgan fingerprint density at radius 2 is 1.57 bits per heavy atom. The summed E-state index contributed by atoms with van der Waals surface area (Å²) < 4.78 is 27.8. The maximum Gasteiger partial charge on any atom is 0.262 e. The minimum Gasteiger partial charge on any atom is -0.491 e. The Labute approximate surface area is 243 Å². The fourth-order valence-corrected chi connectivity index (χ4v) is 5.29. The third kappa shape index (κ3) is 12.1. The van der Waals surface area contributed by atoms with E-state index in [1.54, 1.807) is 23.5 Å². The van der Waals surface area contributed by atoms with Gasteiger partial charge < -0.3 is 14.8 Å². The number of unbranched alkanes of at least 4 members (excludes halogenated alkanes) is 11. The first-order chi connectivity index (χ1) is 19.5. The number of hydrogen-bond acceptors (Lipinski definition) is 4. The molecule has 218 valence electrons. The van der Waals surface area contributed by atoms with Gasteiger partial charge in [-0.15, -0.1) is 0 Å². The molecule has 1 N–H and O–H groups in total. The van der Waals surface area contributed by atoms with Crippen LogP contribution < -0.4 is 19.4 Å². The number of benzene rings is 2. The molecule has 1 aromatic heterocycles. The van der Waals surface area contributed by atoms with Crippen molar-refractivity contribution in [3.63, 3.8) is 0 Å². The van der Waals surface area contributed by atoms with Crippen molar-refractivity contribution in [3.05, 3.63) is 70.4 Å². The van der Waals surface area contributed by atoms with Gasteiger partial charge in [0.1, 0.15) is 5.75 Å². The number of para-hydroxylation sites is 1. The second kappa shape index (κ2) is 18.4. The highest BCUT2D eigenvalue weighted by atomic mass is 32.1.